The molecule has 0 spiro atoms. The van der Waals surface area contributed by atoms with Gasteiger partial charge < -0.3 is 0 Å². The zero-order valence-corrected chi connectivity index (χ0v) is 11.7. The lowest BCUT2D eigenvalue weighted by molar-refractivity contribution is -0.139. The van der Waals surface area contributed by atoms with Gasteiger partial charge in [0.1, 0.15) is 5.69 Å². The fourth-order valence-electron chi connectivity index (χ4n) is 2.54. The van der Waals surface area contributed by atoms with E-state index in [0.29, 0.717) is 24.1 Å². The third-order valence-electron chi connectivity index (χ3n) is 3.57. The number of imide groups is 1. The molecule has 0 N–H and O–H groups in total. The summed E-state index contributed by atoms with van der Waals surface area (Å²) in [5.41, 5.74) is 1.16. The first kappa shape index (κ1) is 14.9. The van der Waals surface area contributed by atoms with Crippen molar-refractivity contribution < 1.29 is 9.59 Å². The number of amides is 2. The van der Waals surface area contributed by atoms with Crippen LogP contribution in [0.15, 0.2) is 23.4 Å². The Labute approximate surface area is 122 Å². The van der Waals surface area contributed by atoms with Crippen molar-refractivity contribution in [2.75, 3.05) is 6.54 Å². The monoisotopic (exact) mass is 285 g/mol. The summed E-state index contributed by atoms with van der Waals surface area (Å²) in [5, 5.41) is 11.9. The Morgan fingerprint density at radius 3 is 2.81 bits per heavy atom. The molecule has 2 rings (SSSR count). The third kappa shape index (κ3) is 2.97. The first-order chi connectivity index (χ1) is 10.1. The van der Waals surface area contributed by atoms with Gasteiger partial charge in [-0.05, 0) is 35.7 Å². The van der Waals surface area contributed by atoms with E-state index in [4.69, 9.17) is 5.26 Å². The summed E-state index contributed by atoms with van der Waals surface area (Å²) in [6, 6.07) is 6.52. The van der Waals surface area contributed by atoms with Crippen LogP contribution in [-0.4, -0.2) is 23.3 Å². The number of nitrogens with zero attached hydrogens (tertiary/aromatic N) is 3. The van der Waals surface area contributed by atoms with Crippen LogP contribution < -0.4 is 0 Å². The first-order valence-corrected chi connectivity index (χ1v) is 6.81. The predicted molar refractivity (Wildman–Crippen MR) is 75.4 cm³/mol. The third-order valence-corrected chi connectivity index (χ3v) is 3.57. The predicted octanol–water partition coefficient (Wildman–Crippen LogP) is 2.28. The van der Waals surface area contributed by atoms with Gasteiger partial charge in [0.15, 0.2) is 0 Å². The second kappa shape index (κ2) is 6.27. The van der Waals surface area contributed by atoms with E-state index in [0.717, 1.165) is 6.42 Å². The van der Waals surface area contributed by atoms with Crippen molar-refractivity contribution in [3.8, 4) is 6.07 Å². The average Bonchev–Trinajstić information content (AvgIpc) is 2.75. The van der Waals surface area contributed by atoms with Crippen LogP contribution in [-0.2, 0) is 16.0 Å². The van der Waals surface area contributed by atoms with Gasteiger partial charge in [-0.3, -0.25) is 14.5 Å². The molecule has 1 heterocycles. The molecule has 21 heavy (non-hydrogen) atoms. The van der Waals surface area contributed by atoms with Crippen LogP contribution >= 0.6 is 0 Å². The van der Waals surface area contributed by atoms with Gasteiger partial charge in [-0.2, -0.15) is 5.26 Å². The molecule has 0 aromatic heterocycles. The maximum absolute atomic E-state index is 12.2. The van der Waals surface area contributed by atoms with Crippen molar-refractivity contribution in [3.05, 3.63) is 34.2 Å². The summed E-state index contributed by atoms with van der Waals surface area (Å²) in [7, 11) is 0. The fraction of sp³-hybridized carbons (Fsp3) is 0.400. The molecule has 1 saturated heterocycles. The van der Waals surface area contributed by atoms with Crippen LogP contribution in [0.4, 0.5) is 5.69 Å². The maximum Gasteiger partial charge on any atom is 0.233 e. The molecule has 1 aliphatic heterocycles. The van der Waals surface area contributed by atoms with Crippen molar-refractivity contribution >= 4 is 17.5 Å². The van der Waals surface area contributed by atoms with Crippen LogP contribution in [0.25, 0.3) is 0 Å². The SMILES string of the molecule is CCCN1C(=O)CC(Cc2ccc(N=O)cc2C#N)C1=O. The number of carbonyl (C=O) groups is 2. The molecule has 1 aromatic rings. The molecule has 2 amide bonds. The van der Waals surface area contributed by atoms with Gasteiger partial charge in [-0.15, -0.1) is 4.91 Å². The van der Waals surface area contributed by atoms with Crippen LogP contribution in [0.3, 0.4) is 0 Å². The Kier molecular flexibility index (Phi) is 4.43. The number of benzene rings is 1. The number of nitroso groups, excluding NO2 is 1. The number of hydrogen-bond acceptors (Lipinski definition) is 5. The van der Waals surface area contributed by atoms with Gasteiger partial charge >= 0.3 is 0 Å². The van der Waals surface area contributed by atoms with Crippen LogP contribution in [0.1, 0.15) is 30.9 Å². The Hall–Kier alpha value is -2.55. The Balaban J connectivity index is 2.20. The molecular formula is C15H15N3O3. The summed E-state index contributed by atoms with van der Waals surface area (Å²) >= 11 is 0. The molecule has 1 fully saturated rings. The van der Waals surface area contributed by atoms with Crippen molar-refractivity contribution in [2.24, 2.45) is 11.1 Å². The Morgan fingerprint density at radius 2 is 2.19 bits per heavy atom. The molecule has 0 saturated carbocycles. The zero-order chi connectivity index (χ0) is 15.4. The van der Waals surface area contributed by atoms with Crippen molar-refractivity contribution in [1.82, 2.24) is 4.90 Å². The summed E-state index contributed by atoms with van der Waals surface area (Å²) in [6.07, 6.45) is 1.23. The van der Waals surface area contributed by atoms with Crippen LogP contribution in [0.5, 0.6) is 0 Å². The highest BCUT2D eigenvalue weighted by molar-refractivity contribution is 6.03. The molecule has 1 aromatic carbocycles. The van der Waals surface area contributed by atoms with E-state index >= 15 is 0 Å². The highest BCUT2D eigenvalue weighted by atomic mass is 16.3. The van der Waals surface area contributed by atoms with E-state index < -0.39 is 5.92 Å². The summed E-state index contributed by atoms with van der Waals surface area (Å²) in [6.45, 7) is 2.35. The topological polar surface area (TPSA) is 90.6 Å². The summed E-state index contributed by atoms with van der Waals surface area (Å²) in [5.74, 6) is -0.758. The fourth-order valence-corrected chi connectivity index (χ4v) is 2.54. The molecular weight excluding hydrogens is 270 g/mol. The minimum absolute atomic E-state index is 0.156. The van der Waals surface area contributed by atoms with Gasteiger partial charge in [0.2, 0.25) is 11.8 Å². The van der Waals surface area contributed by atoms with E-state index in [-0.39, 0.29) is 23.9 Å². The second-order valence-corrected chi connectivity index (χ2v) is 5.03. The van der Waals surface area contributed by atoms with Crippen molar-refractivity contribution in [3.63, 3.8) is 0 Å². The van der Waals surface area contributed by atoms with Gasteiger partial charge in [0.25, 0.3) is 0 Å². The molecule has 6 heteroatoms. The smallest absolute Gasteiger partial charge is 0.233 e. The molecule has 0 aliphatic carbocycles. The largest absolute Gasteiger partial charge is 0.282 e. The molecule has 0 bridgehead atoms. The van der Waals surface area contributed by atoms with Gasteiger partial charge in [-0.25, -0.2) is 0 Å². The molecule has 6 nitrogen and oxygen atoms in total. The Morgan fingerprint density at radius 1 is 1.43 bits per heavy atom. The standard InChI is InChI=1S/C15H15N3O3/c1-2-5-18-14(19)8-11(15(18)20)6-10-3-4-13(17-21)7-12(10)9-16/h3-4,7,11H,2,5-6,8H2,1H3. The van der Waals surface area contributed by atoms with Crippen LogP contribution in [0, 0.1) is 22.2 Å². The molecule has 108 valence electrons. The lowest BCUT2D eigenvalue weighted by Crippen LogP contribution is -2.31. The lowest BCUT2D eigenvalue weighted by Gasteiger charge is -2.14. The molecule has 1 atom stereocenters. The summed E-state index contributed by atoms with van der Waals surface area (Å²) < 4.78 is 0. The van der Waals surface area contributed by atoms with Gasteiger partial charge in [0.05, 0.1) is 17.6 Å². The molecule has 1 aliphatic rings. The van der Waals surface area contributed by atoms with E-state index in [1.54, 1.807) is 6.07 Å². The minimum Gasteiger partial charge on any atom is -0.282 e. The minimum atomic E-state index is -0.425. The highest BCUT2D eigenvalue weighted by Crippen LogP contribution is 2.26. The van der Waals surface area contributed by atoms with E-state index in [9.17, 15) is 14.5 Å². The maximum atomic E-state index is 12.2. The lowest BCUT2D eigenvalue weighted by atomic mass is 9.94. The van der Waals surface area contributed by atoms with E-state index in [2.05, 4.69) is 5.18 Å². The highest BCUT2D eigenvalue weighted by Gasteiger charge is 2.37. The average molecular weight is 285 g/mol. The van der Waals surface area contributed by atoms with Crippen molar-refractivity contribution in [1.29, 1.82) is 5.26 Å². The summed E-state index contributed by atoms with van der Waals surface area (Å²) in [4.78, 5) is 35.8. The van der Waals surface area contributed by atoms with E-state index in [1.165, 1.54) is 17.0 Å². The quantitative estimate of drug-likeness (QED) is 0.613. The van der Waals surface area contributed by atoms with E-state index in [1.807, 2.05) is 13.0 Å². The van der Waals surface area contributed by atoms with Gasteiger partial charge in [-0.1, -0.05) is 13.0 Å². The zero-order valence-electron chi connectivity index (χ0n) is 11.7. The number of rotatable bonds is 5. The second-order valence-electron chi connectivity index (χ2n) is 5.03. The van der Waals surface area contributed by atoms with Crippen LogP contribution in [0.2, 0.25) is 0 Å². The normalized spacial score (nSPS) is 17.9. The van der Waals surface area contributed by atoms with Gasteiger partial charge in [0, 0.05) is 13.0 Å². The number of likely N-dealkylation sites (tertiary alicyclic amines) is 1. The first-order valence-electron chi connectivity index (χ1n) is 6.81. The molecule has 0 radical (unpaired) electrons. The number of hydrogen-bond donors (Lipinski definition) is 0. The number of nitriles is 1. The Bertz CT molecular complexity index is 634. The molecule has 1 unspecified atom stereocenters. The number of carbonyl (C=O) groups excluding carboxylic acids is 2. The van der Waals surface area contributed by atoms with Crippen molar-refractivity contribution in [2.45, 2.75) is 26.2 Å².